The molecule has 2 aromatic carbocycles. The third-order valence-electron chi connectivity index (χ3n) is 3.38. The molecule has 2 N–H and O–H groups in total. The summed E-state index contributed by atoms with van der Waals surface area (Å²) in [7, 11) is 0. The van der Waals surface area contributed by atoms with Crippen LogP contribution in [0.2, 0.25) is 0 Å². The smallest absolute Gasteiger partial charge is 0.134 e. The van der Waals surface area contributed by atoms with E-state index in [1.165, 1.54) is 5.56 Å². The lowest BCUT2D eigenvalue weighted by Gasteiger charge is -2.15. The quantitative estimate of drug-likeness (QED) is 0.788. The Hall–Kier alpha value is -2.39. The molecule has 0 spiro atoms. The molecule has 3 heteroatoms. The molecular formula is C17H17N3. The predicted octanol–water partition coefficient (Wildman–Crippen LogP) is 3.23. The molecule has 1 heterocycles. The van der Waals surface area contributed by atoms with Crippen LogP contribution in [0.5, 0.6) is 0 Å². The molecule has 3 nitrogen and oxygen atoms in total. The highest BCUT2D eigenvalue weighted by Crippen LogP contribution is 2.21. The summed E-state index contributed by atoms with van der Waals surface area (Å²) in [5, 5.41) is 0. The van der Waals surface area contributed by atoms with Gasteiger partial charge in [-0.25, -0.2) is 4.98 Å². The molecule has 0 bridgehead atoms. The molecule has 0 radical (unpaired) electrons. The molecule has 20 heavy (non-hydrogen) atoms. The number of para-hydroxylation sites is 1. The maximum absolute atomic E-state index is 6.38. The van der Waals surface area contributed by atoms with Crippen LogP contribution in [0.15, 0.2) is 67.0 Å². The number of hydrogen-bond acceptors (Lipinski definition) is 2. The van der Waals surface area contributed by atoms with E-state index in [1.807, 2.05) is 53.2 Å². The highest BCUT2D eigenvalue weighted by Gasteiger charge is 2.15. The Labute approximate surface area is 118 Å². The maximum atomic E-state index is 6.38. The van der Waals surface area contributed by atoms with Gasteiger partial charge in [0.25, 0.3) is 0 Å². The number of aryl methyl sites for hydroxylation is 1. The summed E-state index contributed by atoms with van der Waals surface area (Å²) in [6.07, 6.45) is 3.73. The molecule has 0 saturated carbocycles. The molecule has 1 atom stereocenters. The Balaban J connectivity index is 2.02. The third kappa shape index (κ3) is 2.36. The lowest BCUT2D eigenvalue weighted by Crippen LogP contribution is -2.17. The Bertz CT molecular complexity index is 701. The van der Waals surface area contributed by atoms with Gasteiger partial charge in [0.15, 0.2) is 0 Å². The number of nitrogens with zero attached hydrogens (tertiary/aromatic N) is 2. The van der Waals surface area contributed by atoms with E-state index in [0.717, 1.165) is 17.1 Å². The Kier molecular flexibility index (Phi) is 3.35. The van der Waals surface area contributed by atoms with Crippen molar-refractivity contribution in [1.82, 2.24) is 9.55 Å². The van der Waals surface area contributed by atoms with E-state index < -0.39 is 0 Å². The summed E-state index contributed by atoms with van der Waals surface area (Å²) in [5.74, 6) is 0.849. The largest absolute Gasteiger partial charge is 0.318 e. The number of nitrogens with two attached hydrogens (primary N) is 1. The first-order valence-electron chi connectivity index (χ1n) is 6.66. The summed E-state index contributed by atoms with van der Waals surface area (Å²) in [4.78, 5) is 4.44. The fourth-order valence-electron chi connectivity index (χ4n) is 2.36. The highest BCUT2D eigenvalue weighted by atomic mass is 15.1. The van der Waals surface area contributed by atoms with E-state index in [-0.39, 0.29) is 6.04 Å². The molecule has 1 aromatic heterocycles. The summed E-state index contributed by atoms with van der Waals surface area (Å²) >= 11 is 0. The molecule has 0 saturated heterocycles. The molecular weight excluding hydrogens is 246 g/mol. The van der Waals surface area contributed by atoms with Gasteiger partial charge in [0.05, 0.1) is 6.04 Å². The molecule has 3 rings (SSSR count). The fourth-order valence-corrected chi connectivity index (χ4v) is 2.36. The Morgan fingerprint density at radius 3 is 2.60 bits per heavy atom. The average molecular weight is 263 g/mol. The van der Waals surface area contributed by atoms with Crippen LogP contribution in [0, 0.1) is 6.92 Å². The van der Waals surface area contributed by atoms with Crippen LogP contribution >= 0.6 is 0 Å². The van der Waals surface area contributed by atoms with Crippen molar-refractivity contribution >= 4 is 0 Å². The lowest BCUT2D eigenvalue weighted by atomic mass is 10.0. The van der Waals surface area contributed by atoms with Crippen LogP contribution in [-0.4, -0.2) is 9.55 Å². The lowest BCUT2D eigenvalue weighted by molar-refractivity contribution is 0.758. The summed E-state index contributed by atoms with van der Waals surface area (Å²) in [6.45, 7) is 2.07. The standard InChI is InChI=1S/C17H17N3/c1-13-6-5-7-14(12-13)16(18)17-19-10-11-20(17)15-8-3-2-4-9-15/h2-12,16H,18H2,1H3. The van der Waals surface area contributed by atoms with Gasteiger partial charge in [-0.2, -0.15) is 0 Å². The topological polar surface area (TPSA) is 43.8 Å². The molecule has 0 aliphatic heterocycles. The van der Waals surface area contributed by atoms with Gasteiger partial charge >= 0.3 is 0 Å². The predicted molar refractivity (Wildman–Crippen MR) is 80.8 cm³/mol. The normalized spacial score (nSPS) is 12.3. The average Bonchev–Trinajstić information content (AvgIpc) is 2.97. The van der Waals surface area contributed by atoms with Crippen LogP contribution in [0.1, 0.15) is 23.0 Å². The van der Waals surface area contributed by atoms with E-state index in [9.17, 15) is 0 Å². The van der Waals surface area contributed by atoms with Crippen molar-refractivity contribution in [3.63, 3.8) is 0 Å². The molecule has 0 fully saturated rings. The van der Waals surface area contributed by atoms with E-state index in [0.29, 0.717) is 0 Å². The van der Waals surface area contributed by atoms with Crippen LogP contribution in [-0.2, 0) is 0 Å². The van der Waals surface area contributed by atoms with Gasteiger partial charge in [0.1, 0.15) is 5.82 Å². The Morgan fingerprint density at radius 1 is 1.05 bits per heavy atom. The number of imidazole rings is 1. The van der Waals surface area contributed by atoms with Gasteiger partial charge in [-0.05, 0) is 24.6 Å². The van der Waals surface area contributed by atoms with Crippen molar-refractivity contribution in [3.05, 3.63) is 83.9 Å². The highest BCUT2D eigenvalue weighted by molar-refractivity contribution is 5.36. The summed E-state index contributed by atoms with van der Waals surface area (Å²) in [6, 6.07) is 18.1. The second-order valence-corrected chi connectivity index (χ2v) is 4.88. The van der Waals surface area contributed by atoms with Crippen molar-refractivity contribution in [2.24, 2.45) is 5.73 Å². The summed E-state index contributed by atoms with van der Waals surface area (Å²) < 4.78 is 2.03. The number of aromatic nitrogens is 2. The van der Waals surface area contributed by atoms with Crippen molar-refractivity contribution < 1.29 is 0 Å². The van der Waals surface area contributed by atoms with E-state index in [4.69, 9.17) is 5.73 Å². The SMILES string of the molecule is Cc1cccc(C(N)c2nccn2-c2ccccc2)c1. The van der Waals surface area contributed by atoms with Gasteiger partial charge in [-0.15, -0.1) is 0 Å². The van der Waals surface area contributed by atoms with Crippen molar-refractivity contribution in [1.29, 1.82) is 0 Å². The number of benzene rings is 2. The maximum Gasteiger partial charge on any atom is 0.134 e. The first-order chi connectivity index (χ1) is 9.75. The first-order valence-corrected chi connectivity index (χ1v) is 6.66. The van der Waals surface area contributed by atoms with Gasteiger partial charge in [0.2, 0.25) is 0 Å². The number of rotatable bonds is 3. The van der Waals surface area contributed by atoms with E-state index in [2.05, 4.69) is 24.0 Å². The first kappa shape index (κ1) is 12.6. The monoisotopic (exact) mass is 263 g/mol. The second kappa shape index (κ2) is 5.31. The Morgan fingerprint density at radius 2 is 1.85 bits per heavy atom. The van der Waals surface area contributed by atoms with Crippen molar-refractivity contribution in [3.8, 4) is 5.69 Å². The third-order valence-corrected chi connectivity index (χ3v) is 3.38. The zero-order valence-electron chi connectivity index (χ0n) is 11.4. The van der Waals surface area contributed by atoms with Gasteiger partial charge in [-0.3, -0.25) is 0 Å². The van der Waals surface area contributed by atoms with Crippen LogP contribution in [0.25, 0.3) is 5.69 Å². The zero-order valence-corrected chi connectivity index (χ0v) is 11.4. The van der Waals surface area contributed by atoms with Gasteiger partial charge < -0.3 is 10.3 Å². The molecule has 3 aromatic rings. The molecule has 1 unspecified atom stereocenters. The van der Waals surface area contributed by atoms with Crippen LogP contribution in [0.4, 0.5) is 0 Å². The molecule has 0 aliphatic carbocycles. The minimum atomic E-state index is -0.231. The molecule has 100 valence electrons. The summed E-state index contributed by atoms with van der Waals surface area (Å²) in [5.41, 5.74) is 9.74. The van der Waals surface area contributed by atoms with Crippen LogP contribution in [0.3, 0.4) is 0 Å². The molecule has 0 aliphatic rings. The van der Waals surface area contributed by atoms with Gasteiger partial charge in [0, 0.05) is 18.1 Å². The van der Waals surface area contributed by atoms with E-state index in [1.54, 1.807) is 6.20 Å². The van der Waals surface area contributed by atoms with Crippen LogP contribution < -0.4 is 5.73 Å². The minimum Gasteiger partial charge on any atom is -0.318 e. The van der Waals surface area contributed by atoms with Crippen molar-refractivity contribution in [2.45, 2.75) is 13.0 Å². The van der Waals surface area contributed by atoms with E-state index >= 15 is 0 Å². The second-order valence-electron chi connectivity index (χ2n) is 4.88. The molecule has 0 amide bonds. The number of hydrogen-bond donors (Lipinski definition) is 1. The van der Waals surface area contributed by atoms with Crippen molar-refractivity contribution in [2.75, 3.05) is 0 Å². The zero-order chi connectivity index (χ0) is 13.9. The fraction of sp³-hybridized carbons (Fsp3) is 0.118. The minimum absolute atomic E-state index is 0.231. The van der Waals surface area contributed by atoms with Gasteiger partial charge in [-0.1, -0.05) is 48.0 Å².